The van der Waals surface area contributed by atoms with Gasteiger partial charge < -0.3 is 5.32 Å². The molecule has 23 heavy (non-hydrogen) atoms. The standard InChI is InChI=1S/C16H17Cl2N3O2/c1-21(9-19)16(23)11-4-2-3-5-14(11)20-15(22)10-6-7-12(17)13(18)8-10/h6-8,11,14H,2-5H2,1H3,(H,20,22)/t11-,14+/m0/s1. The molecule has 0 heterocycles. The first kappa shape index (κ1) is 17.6. The predicted molar refractivity (Wildman–Crippen MR) is 88.1 cm³/mol. The molecule has 5 nitrogen and oxygen atoms in total. The Bertz CT molecular complexity index is 657. The van der Waals surface area contributed by atoms with Crippen LogP contribution in [0.1, 0.15) is 36.0 Å². The van der Waals surface area contributed by atoms with E-state index < -0.39 is 0 Å². The Hall–Kier alpha value is -1.77. The van der Waals surface area contributed by atoms with Crippen LogP contribution in [0.4, 0.5) is 0 Å². The fraction of sp³-hybridized carbons (Fsp3) is 0.438. The van der Waals surface area contributed by atoms with Crippen molar-refractivity contribution >= 4 is 35.0 Å². The lowest BCUT2D eigenvalue weighted by molar-refractivity contribution is -0.133. The predicted octanol–water partition coefficient (Wildman–Crippen LogP) is 3.22. The number of carbonyl (C=O) groups is 2. The van der Waals surface area contributed by atoms with Crippen LogP contribution in [0.3, 0.4) is 0 Å². The molecule has 1 aromatic rings. The fourth-order valence-electron chi connectivity index (χ4n) is 2.79. The minimum absolute atomic E-state index is 0.258. The van der Waals surface area contributed by atoms with E-state index in [1.165, 1.54) is 13.1 Å². The summed E-state index contributed by atoms with van der Waals surface area (Å²) in [5.41, 5.74) is 0.393. The molecule has 1 N–H and O–H groups in total. The second kappa shape index (κ2) is 7.67. The molecule has 1 saturated carbocycles. The lowest BCUT2D eigenvalue weighted by atomic mass is 9.83. The van der Waals surface area contributed by atoms with E-state index in [1.807, 2.05) is 6.19 Å². The van der Waals surface area contributed by atoms with Gasteiger partial charge in [0.2, 0.25) is 5.91 Å². The summed E-state index contributed by atoms with van der Waals surface area (Å²) in [7, 11) is 1.44. The molecule has 0 bridgehead atoms. The number of nitrogens with one attached hydrogen (secondary N) is 1. The number of nitrogens with zero attached hydrogens (tertiary/aromatic N) is 2. The quantitative estimate of drug-likeness (QED) is 0.669. The summed E-state index contributed by atoms with van der Waals surface area (Å²) in [5, 5.41) is 12.5. The van der Waals surface area contributed by atoms with Crippen molar-refractivity contribution < 1.29 is 9.59 Å². The molecule has 2 atom stereocenters. The Morgan fingerprint density at radius 3 is 2.61 bits per heavy atom. The van der Waals surface area contributed by atoms with Gasteiger partial charge in [-0.05, 0) is 31.0 Å². The normalized spacial score (nSPS) is 20.4. The molecular weight excluding hydrogens is 337 g/mol. The zero-order valence-electron chi connectivity index (χ0n) is 12.7. The minimum atomic E-state index is -0.375. The SMILES string of the molecule is CN(C#N)C(=O)[C@H]1CCCC[C@H]1NC(=O)c1ccc(Cl)c(Cl)c1. The highest BCUT2D eigenvalue weighted by atomic mass is 35.5. The first-order valence-corrected chi connectivity index (χ1v) is 8.13. The van der Waals surface area contributed by atoms with Crippen LogP contribution in [0.15, 0.2) is 18.2 Å². The number of carbonyl (C=O) groups excluding carboxylic acids is 2. The van der Waals surface area contributed by atoms with E-state index in [0.717, 1.165) is 17.7 Å². The summed E-state index contributed by atoms with van der Waals surface area (Å²) in [4.78, 5) is 25.7. The van der Waals surface area contributed by atoms with Gasteiger partial charge in [-0.1, -0.05) is 36.0 Å². The molecule has 0 aliphatic heterocycles. The molecule has 1 aromatic carbocycles. The Morgan fingerprint density at radius 1 is 1.26 bits per heavy atom. The van der Waals surface area contributed by atoms with Crippen molar-refractivity contribution in [3.8, 4) is 6.19 Å². The molecule has 0 radical (unpaired) electrons. The number of benzene rings is 1. The lowest BCUT2D eigenvalue weighted by Gasteiger charge is -2.32. The average Bonchev–Trinajstić information content (AvgIpc) is 2.56. The maximum atomic E-state index is 12.4. The van der Waals surface area contributed by atoms with Crippen molar-refractivity contribution in [3.63, 3.8) is 0 Å². The van der Waals surface area contributed by atoms with Crippen molar-refractivity contribution in [3.05, 3.63) is 33.8 Å². The Kier molecular flexibility index (Phi) is 5.86. The van der Waals surface area contributed by atoms with Crippen molar-refractivity contribution in [2.75, 3.05) is 7.05 Å². The van der Waals surface area contributed by atoms with E-state index in [1.54, 1.807) is 12.1 Å². The molecule has 0 aromatic heterocycles. The van der Waals surface area contributed by atoms with E-state index in [4.69, 9.17) is 28.5 Å². The van der Waals surface area contributed by atoms with Gasteiger partial charge in [0.15, 0.2) is 6.19 Å². The highest BCUT2D eigenvalue weighted by Gasteiger charge is 2.34. The van der Waals surface area contributed by atoms with Gasteiger partial charge in [-0.25, -0.2) is 0 Å². The van der Waals surface area contributed by atoms with E-state index in [0.29, 0.717) is 28.5 Å². The van der Waals surface area contributed by atoms with Crippen LogP contribution < -0.4 is 5.32 Å². The van der Waals surface area contributed by atoms with Crippen LogP contribution >= 0.6 is 23.2 Å². The maximum absolute atomic E-state index is 12.4. The molecule has 2 amide bonds. The zero-order chi connectivity index (χ0) is 17.0. The Morgan fingerprint density at radius 2 is 1.96 bits per heavy atom. The second-order valence-corrected chi connectivity index (χ2v) is 6.41. The van der Waals surface area contributed by atoms with Gasteiger partial charge in [0.1, 0.15) is 0 Å². The summed E-state index contributed by atoms with van der Waals surface area (Å²) in [6.07, 6.45) is 5.04. The van der Waals surface area contributed by atoms with Gasteiger partial charge in [-0.15, -0.1) is 0 Å². The Labute approximate surface area is 145 Å². The molecule has 2 rings (SSSR count). The first-order valence-electron chi connectivity index (χ1n) is 7.37. The van der Waals surface area contributed by atoms with Crippen molar-refractivity contribution in [2.24, 2.45) is 5.92 Å². The van der Waals surface area contributed by atoms with Gasteiger partial charge in [0.05, 0.1) is 16.0 Å². The van der Waals surface area contributed by atoms with E-state index in [9.17, 15) is 9.59 Å². The lowest BCUT2D eigenvalue weighted by Crippen LogP contribution is -2.48. The monoisotopic (exact) mass is 353 g/mol. The van der Waals surface area contributed by atoms with Gasteiger partial charge in [-0.2, -0.15) is 5.26 Å². The molecule has 122 valence electrons. The van der Waals surface area contributed by atoms with Crippen LogP contribution in [0.25, 0.3) is 0 Å². The zero-order valence-corrected chi connectivity index (χ0v) is 14.2. The topological polar surface area (TPSA) is 73.2 Å². The van der Waals surface area contributed by atoms with Crippen molar-refractivity contribution in [1.82, 2.24) is 10.2 Å². The third-order valence-corrected chi connectivity index (χ3v) is 4.80. The summed E-state index contributed by atoms with van der Waals surface area (Å²) in [5.74, 6) is -0.931. The van der Waals surface area contributed by atoms with Crippen LogP contribution in [-0.2, 0) is 4.79 Å². The van der Waals surface area contributed by atoms with Gasteiger partial charge >= 0.3 is 0 Å². The number of halogens is 2. The van der Waals surface area contributed by atoms with Crippen molar-refractivity contribution in [1.29, 1.82) is 5.26 Å². The van der Waals surface area contributed by atoms with E-state index in [-0.39, 0.29) is 23.8 Å². The molecule has 0 spiro atoms. The third-order valence-electron chi connectivity index (χ3n) is 4.06. The summed E-state index contributed by atoms with van der Waals surface area (Å²) in [6, 6.07) is 4.37. The van der Waals surface area contributed by atoms with Crippen molar-refractivity contribution in [2.45, 2.75) is 31.7 Å². The van der Waals surface area contributed by atoms with Crippen LogP contribution in [-0.4, -0.2) is 29.8 Å². The minimum Gasteiger partial charge on any atom is -0.349 e. The van der Waals surface area contributed by atoms with E-state index in [2.05, 4.69) is 5.32 Å². The number of rotatable bonds is 3. The van der Waals surface area contributed by atoms with Gasteiger partial charge in [0, 0.05) is 18.7 Å². The average molecular weight is 354 g/mol. The third kappa shape index (κ3) is 4.15. The number of amides is 2. The molecule has 1 aliphatic rings. The smallest absolute Gasteiger partial charge is 0.251 e. The molecule has 1 aliphatic carbocycles. The van der Waals surface area contributed by atoms with Gasteiger partial charge in [-0.3, -0.25) is 14.5 Å². The summed E-state index contributed by atoms with van der Waals surface area (Å²) < 4.78 is 0. The molecule has 7 heteroatoms. The number of hydrogen-bond donors (Lipinski definition) is 1. The molecule has 0 unspecified atom stereocenters. The number of hydrogen-bond acceptors (Lipinski definition) is 3. The first-order chi connectivity index (χ1) is 10.9. The van der Waals surface area contributed by atoms with Crippen LogP contribution in [0.5, 0.6) is 0 Å². The molecular formula is C16H17Cl2N3O2. The molecule has 1 fully saturated rings. The highest BCUT2D eigenvalue weighted by molar-refractivity contribution is 6.42. The maximum Gasteiger partial charge on any atom is 0.251 e. The van der Waals surface area contributed by atoms with Gasteiger partial charge in [0.25, 0.3) is 5.91 Å². The largest absolute Gasteiger partial charge is 0.349 e. The van der Waals surface area contributed by atoms with Crippen LogP contribution in [0, 0.1) is 17.4 Å². The summed E-state index contributed by atoms with van der Waals surface area (Å²) in [6.45, 7) is 0. The number of nitriles is 1. The van der Waals surface area contributed by atoms with Crippen LogP contribution in [0.2, 0.25) is 10.0 Å². The van der Waals surface area contributed by atoms with E-state index >= 15 is 0 Å². The Balaban J connectivity index is 2.12. The second-order valence-electron chi connectivity index (χ2n) is 5.60. The fourth-order valence-corrected chi connectivity index (χ4v) is 3.08. The highest BCUT2D eigenvalue weighted by Crippen LogP contribution is 2.27. The summed E-state index contributed by atoms with van der Waals surface area (Å²) >= 11 is 11.8. The molecule has 0 saturated heterocycles.